The van der Waals surface area contributed by atoms with Crippen molar-refractivity contribution >= 4 is 46.4 Å². The molecule has 0 aliphatic carbocycles. The Morgan fingerprint density at radius 3 is 2.46 bits per heavy atom. The van der Waals surface area contributed by atoms with Crippen molar-refractivity contribution in [3.05, 3.63) is 83.0 Å². The zero-order valence-electron chi connectivity index (χ0n) is 21.7. The topological polar surface area (TPSA) is 106 Å². The molecule has 4 rings (SSSR count). The van der Waals surface area contributed by atoms with E-state index in [0.717, 1.165) is 17.7 Å². The van der Waals surface area contributed by atoms with Crippen LogP contribution in [0, 0.1) is 0 Å². The lowest BCUT2D eigenvalue weighted by Crippen LogP contribution is -2.32. The van der Waals surface area contributed by atoms with E-state index in [4.69, 9.17) is 25.8 Å². The maximum Gasteiger partial charge on any atom is 0.283 e. The number of imide groups is 1. The largest absolute Gasteiger partial charge is 0.497 e. The van der Waals surface area contributed by atoms with Crippen molar-refractivity contribution in [1.82, 2.24) is 0 Å². The third-order valence-electron chi connectivity index (χ3n) is 5.94. The Balaban J connectivity index is 1.53. The van der Waals surface area contributed by atoms with Crippen LogP contribution in [-0.2, 0) is 9.59 Å². The van der Waals surface area contributed by atoms with Crippen LogP contribution in [-0.4, -0.2) is 38.5 Å². The average molecular weight is 550 g/mol. The molecule has 0 fully saturated rings. The number of carbonyl (C=O) groups is 3. The summed E-state index contributed by atoms with van der Waals surface area (Å²) in [6.07, 6.45) is 1.89. The molecule has 3 aromatic carbocycles. The van der Waals surface area contributed by atoms with E-state index in [9.17, 15) is 14.4 Å². The maximum absolute atomic E-state index is 13.3. The summed E-state index contributed by atoms with van der Waals surface area (Å²) in [5.74, 6) is -0.467. The standard InChI is InChI=1S/C29H28ClN3O6/c1-4-5-15-39-23-12-7-6-11-21(23)32-27(34)18-9-8-10-19(16-18)31-26-25(30)28(35)33(29(26)36)22-17-20(37-2)13-14-24(22)38-3/h6-14,16-17,31H,4-5,15H2,1-3H3,(H,32,34). The number of nitrogens with one attached hydrogen (secondary N) is 2. The van der Waals surface area contributed by atoms with Gasteiger partial charge in [-0.15, -0.1) is 0 Å². The van der Waals surface area contributed by atoms with Crippen LogP contribution in [0.4, 0.5) is 17.1 Å². The molecule has 0 radical (unpaired) electrons. The molecule has 0 aromatic heterocycles. The van der Waals surface area contributed by atoms with Crippen LogP contribution >= 0.6 is 11.6 Å². The second-order valence-electron chi connectivity index (χ2n) is 8.53. The minimum atomic E-state index is -0.718. The third kappa shape index (κ3) is 5.99. The summed E-state index contributed by atoms with van der Waals surface area (Å²) in [6, 6.07) is 18.4. The third-order valence-corrected chi connectivity index (χ3v) is 6.29. The van der Waals surface area contributed by atoms with E-state index in [1.54, 1.807) is 54.6 Å². The highest BCUT2D eigenvalue weighted by Crippen LogP contribution is 2.38. The SMILES string of the molecule is CCCCOc1ccccc1NC(=O)c1cccc(NC2=C(Cl)C(=O)N(c3cc(OC)ccc3OC)C2=O)c1. The van der Waals surface area contributed by atoms with E-state index in [-0.39, 0.29) is 22.3 Å². The predicted molar refractivity (Wildman–Crippen MR) is 150 cm³/mol. The molecule has 3 amide bonds. The van der Waals surface area contributed by atoms with Gasteiger partial charge in [0, 0.05) is 17.3 Å². The van der Waals surface area contributed by atoms with Gasteiger partial charge in [0.2, 0.25) is 0 Å². The fraction of sp³-hybridized carbons (Fsp3) is 0.207. The van der Waals surface area contributed by atoms with Crippen LogP contribution in [0.2, 0.25) is 0 Å². The molecule has 0 saturated carbocycles. The quantitative estimate of drug-likeness (QED) is 0.238. The van der Waals surface area contributed by atoms with Crippen molar-refractivity contribution in [1.29, 1.82) is 0 Å². The molecule has 0 saturated heterocycles. The average Bonchev–Trinajstić information content (AvgIpc) is 3.16. The molecule has 2 N–H and O–H groups in total. The minimum absolute atomic E-state index is 0.126. The zero-order chi connectivity index (χ0) is 27.9. The summed E-state index contributed by atoms with van der Waals surface area (Å²) < 4.78 is 16.4. The lowest BCUT2D eigenvalue weighted by Gasteiger charge is -2.19. The van der Waals surface area contributed by atoms with E-state index in [1.807, 2.05) is 6.07 Å². The molecule has 0 unspecified atom stereocenters. The summed E-state index contributed by atoms with van der Waals surface area (Å²) in [4.78, 5) is 40.3. The number of methoxy groups -OCH3 is 2. The smallest absolute Gasteiger partial charge is 0.283 e. The number of carbonyl (C=O) groups excluding carboxylic acids is 3. The van der Waals surface area contributed by atoms with Gasteiger partial charge >= 0.3 is 0 Å². The number of unbranched alkanes of at least 4 members (excludes halogenated alkanes) is 1. The summed E-state index contributed by atoms with van der Waals surface area (Å²) in [7, 11) is 2.90. The molecule has 1 aliphatic rings. The van der Waals surface area contributed by atoms with Crippen LogP contribution in [0.1, 0.15) is 30.1 Å². The van der Waals surface area contributed by atoms with Crippen molar-refractivity contribution in [2.45, 2.75) is 19.8 Å². The van der Waals surface area contributed by atoms with Crippen molar-refractivity contribution in [3.63, 3.8) is 0 Å². The lowest BCUT2D eigenvalue weighted by molar-refractivity contribution is -0.120. The molecular formula is C29H28ClN3O6. The number of nitrogens with zero attached hydrogens (tertiary/aromatic N) is 1. The van der Waals surface area contributed by atoms with E-state index in [0.29, 0.717) is 40.8 Å². The highest BCUT2D eigenvalue weighted by atomic mass is 35.5. The second-order valence-corrected chi connectivity index (χ2v) is 8.91. The molecular weight excluding hydrogens is 522 g/mol. The van der Waals surface area contributed by atoms with Gasteiger partial charge in [0.05, 0.1) is 32.2 Å². The van der Waals surface area contributed by atoms with Crippen LogP contribution in [0.5, 0.6) is 17.2 Å². The first-order valence-electron chi connectivity index (χ1n) is 12.3. The van der Waals surface area contributed by atoms with Gasteiger partial charge in [0.1, 0.15) is 28.0 Å². The van der Waals surface area contributed by atoms with Gasteiger partial charge in [0.15, 0.2) is 0 Å². The fourth-order valence-corrected chi connectivity index (χ4v) is 4.11. The lowest BCUT2D eigenvalue weighted by atomic mass is 10.1. The molecule has 39 heavy (non-hydrogen) atoms. The van der Waals surface area contributed by atoms with E-state index >= 15 is 0 Å². The Labute approximate surface area is 231 Å². The number of benzene rings is 3. The van der Waals surface area contributed by atoms with Crippen molar-refractivity contribution < 1.29 is 28.6 Å². The molecule has 1 aliphatic heterocycles. The number of para-hydroxylation sites is 2. The van der Waals surface area contributed by atoms with Crippen LogP contribution < -0.4 is 29.7 Å². The molecule has 9 nitrogen and oxygen atoms in total. The number of amides is 3. The Hall–Kier alpha value is -4.50. The van der Waals surface area contributed by atoms with Gasteiger partial charge in [-0.05, 0) is 48.9 Å². The first-order valence-corrected chi connectivity index (χ1v) is 12.7. The Morgan fingerprint density at radius 2 is 1.72 bits per heavy atom. The highest BCUT2D eigenvalue weighted by molar-refractivity contribution is 6.53. The predicted octanol–water partition coefficient (Wildman–Crippen LogP) is 5.57. The van der Waals surface area contributed by atoms with E-state index < -0.39 is 11.8 Å². The molecule has 10 heteroatoms. The van der Waals surface area contributed by atoms with Gasteiger partial charge in [-0.2, -0.15) is 0 Å². The zero-order valence-corrected chi connectivity index (χ0v) is 22.5. The first-order chi connectivity index (χ1) is 18.9. The van der Waals surface area contributed by atoms with Gasteiger partial charge in [-0.1, -0.05) is 43.1 Å². The van der Waals surface area contributed by atoms with Crippen LogP contribution in [0.25, 0.3) is 0 Å². The second kappa shape index (κ2) is 12.4. The monoisotopic (exact) mass is 549 g/mol. The number of hydrogen-bond donors (Lipinski definition) is 2. The highest BCUT2D eigenvalue weighted by Gasteiger charge is 2.40. The number of anilines is 3. The van der Waals surface area contributed by atoms with Gasteiger partial charge in [-0.3, -0.25) is 14.4 Å². The van der Waals surface area contributed by atoms with Gasteiger partial charge in [0.25, 0.3) is 17.7 Å². The van der Waals surface area contributed by atoms with E-state index in [2.05, 4.69) is 17.6 Å². The molecule has 0 spiro atoms. The number of halogens is 1. The number of ether oxygens (including phenoxy) is 3. The van der Waals surface area contributed by atoms with Crippen molar-refractivity contribution in [3.8, 4) is 17.2 Å². The summed E-state index contributed by atoms with van der Waals surface area (Å²) in [5, 5.41) is 5.47. The normalized spacial score (nSPS) is 13.0. The first kappa shape index (κ1) is 27.5. The summed E-state index contributed by atoms with van der Waals surface area (Å²) in [6.45, 7) is 2.62. The molecule has 202 valence electrons. The fourth-order valence-electron chi connectivity index (χ4n) is 3.90. The van der Waals surface area contributed by atoms with E-state index in [1.165, 1.54) is 20.3 Å². The van der Waals surface area contributed by atoms with Crippen molar-refractivity contribution in [2.75, 3.05) is 36.4 Å². The summed E-state index contributed by atoms with van der Waals surface area (Å²) in [5.41, 5.74) is 1.32. The van der Waals surface area contributed by atoms with Crippen molar-refractivity contribution in [2.24, 2.45) is 0 Å². The van der Waals surface area contributed by atoms with Crippen LogP contribution in [0.15, 0.2) is 77.5 Å². The van der Waals surface area contributed by atoms with Crippen LogP contribution in [0.3, 0.4) is 0 Å². The van der Waals surface area contributed by atoms with Gasteiger partial charge in [-0.25, -0.2) is 4.90 Å². The Morgan fingerprint density at radius 1 is 0.923 bits per heavy atom. The molecule has 3 aromatic rings. The minimum Gasteiger partial charge on any atom is -0.497 e. The maximum atomic E-state index is 13.3. The molecule has 0 bridgehead atoms. The molecule has 0 atom stereocenters. The number of hydrogen-bond acceptors (Lipinski definition) is 7. The Bertz CT molecular complexity index is 1440. The Kier molecular flexibility index (Phi) is 8.73. The summed E-state index contributed by atoms with van der Waals surface area (Å²) >= 11 is 6.31. The molecule has 1 heterocycles. The van der Waals surface area contributed by atoms with Gasteiger partial charge < -0.3 is 24.8 Å². The number of rotatable bonds is 11.